The molecule has 0 bridgehead atoms. The van der Waals surface area contributed by atoms with Crippen LogP contribution in [0.1, 0.15) is 48.7 Å². The minimum Gasteiger partial charge on any atom is -0.485 e. The number of rotatable bonds is 5. The fourth-order valence-corrected chi connectivity index (χ4v) is 4.45. The summed E-state index contributed by atoms with van der Waals surface area (Å²) in [5.41, 5.74) is 7.75. The summed E-state index contributed by atoms with van der Waals surface area (Å²) in [5, 5.41) is 10.9. The van der Waals surface area contributed by atoms with Gasteiger partial charge in [0.05, 0.1) is 9.88 Å². The quantitative estimate of drug-likeness (QED) is 0.562. The SMILES string of the molecule is CC(C)(O)C#Cc1cccc(COc2cc(-c3cnc(C4CCOCC4)s3)cnc2N)c1. The molecule has 1 fully saturated rings. The van der Waals surface area contributed by atoms with E-state index in [9.17, 15) is 5.11 Å². The molecule has 0 radical (unpaired) electrons. The molecule has 3 aromatic rings. The van der Waals surface area contributed by atoms with E-state index in [1.807, 2.05) is 36.5 Å². The van der Waals surface area contributed by atoms with E-state index in [2.05, 4.69) is 21.8 Å². The van der Waals surface area contributed by atoms with E-state index in [4.69, 9.17) is 15.2 Å². The van der Waals surface area contributed by atoms with Crippen molar-refractivity contribution in [3.8, 4) is 28.0 Å². The second-order valence-electron chi connectivity index (χ2n) is 8.35. The lowest BCUT2D eigenvalue weighted by atomic mass is 10.0. The van der Waals surface area contributed by atoms with Gasteiger partial charge in [-0.1, -0.05) is 24.0 Å². The lowest BCUT2D eigenvalue weighted by molar-refractivity contribution is 0.0853. The van der Waals surface area contributed by atoms with Gasteiger partial charge in [0.25, 0.3) is 0 Å². The van der Waals surface area contributed by atoms with E-state index >= 15 is 0 Å². The van der Waals surface area contributed by atoms with Crippen LogP contribution in [0.15, 0.2) is 42.7 Å². The van der Waals surface area contributed by atoms with E-state index in [-0.39, 0.29) is 0 Å². The van der Waals surface area contributed by atoms with Gasteiger partial charge in [0, 0.05) is 42.7 Å². The van der Waals surface area contributed by atoms with Crippen molar-refractivity contribution in [3.63, 3.8) is 0 Å². The molecule has 3 N–H and O–H groups in total. The average molecular weight is 450 g/mol. The summed E-state index contributed by atoms with van der Waals surface area (Å²) in [4.78, 5) is 10.0. The van der Waals surface area contributed by atoms with E-state index in [0.717, 1.165) is 52.6 Å². The average Bonchev–Trinajstić information content (AvgIpc) is 3.28. The number of hydrogen-bond acceptors (Lipinski definition) is 7. The second kappa shape index (κ2) is 9.70. The number of ether oxygens (including phenoxy) is 2. The monoisotopic (exact) mass is 449 g/mol. The van der Waals surface area contributed by atoms with Gasteiger partial charge in [-0.3, -0.25) is 0 Å². The van der Waals surface area contributed by atoms with Crippen LogP contribution in [0, 0.1) is 11.8 Å². The zero-order valence-corrected chi connectivity index (χ0v) is 19.1. The van der Waals surface area contributed by atoms with Crippen LogP contribution in [0.25, 0.3) is 10.4 Å². The number of nitrogens with two attached hydrogens (primary N) is 1. The third-order valence-corrected chi connectivity index (χ3v) is 6.30. The van der Waals surface area contributed by atoms with Crippen LogP contribution in [0.2, 0.25) is 0 Å². The highest BCUT2D eigenvalue weighted by molar-refractivity contribution is 7.15. The standard InChI is InChI=1S/C25H27N3O3S/c1-25(2,29)9-6-17-4-3-5-18(12-17)16-31-21-13-20(14-27-23(21)26)22-15-28-24(32-22)19-7-10-30-11-8-19/h3-5,12-15,19,29H,7-8,10-11,16H2,1-2H3,(H2,26,27). The normalized spacial score (nSPS) is 14.6. The Hall–Kier alpha value is -2.92. The summed E-state index contributed by atoms with van der Waals surface area (Å²) >= 11 is 1.69. The first-order valence-corrected chi connectivity index (χ1v) is 11.5. The summed E-state index contributed by atoms with van der Waals surface area (Å²) in [7, 11) is 0. The van der Waals surface area contributed by atoms with Crippen LogP contribution in [-0.4, -0.2) is 33.9 Å². The summed E-state index contributed by atoms with van der Waals surface area (Å²) in [6.45, 7) is 5.25. The van der Waals surface area contributed by atoms with Gasteiger partial charge in [-0.15, -0.1) is 11.3 Å². The molecule has 4 rings (SSSR count). The molecule has 0 spiro atoms. The Morgan fingerprint density at radius 1 is 1.22 bits per heavy atom. The molecular formula is C25H27N3O3S. The second-order valence-corrected chi connectivity index (χ2v) is 9.42. The van der Waals surface area contributed by atoms with Crippen molar-refractivity contribution in [3.05, 3.63) is 58.9 Å². The molecule has 0 atom stereocenters. The summed E-state index contributed by atoms with van der Waals surface area (Å²) in [6.07, 6.45) is 5.69. The van der Waals surface area contributed by atoms with Gasteiger partial charge >= 0.3 is 0 Å². The van der Waals surface area contributed by atoms with Gasteiger partial charge in [-0.25, -0.2) is 9.97 Å². The maximum atomic E-state index is 9.80. The van der Waals surface area contributed by atoms with Crippen molar-refractivity contribution in [2.24, 2.45) is 0 Å². The Labute approximate surface area is 192 Å². The lowest BCUT2D eigenvalue weighted by Gasteiger charge is -2.19. The fraction of sp³-hybridized carbons (Fsp3) is 0.360. The maximum absolute atomic E-state index is 9.80. The number of benzene rings is 1. The topological polar surface area (TPSA) is 90.5 Å². The van der Waals surface area contributed by atoms with Crippen LogP contribution in [0.4, 0.5) is 5.82 Å². The molecular weight excluding hydrogens is 422 g/mol. The summed E-state index contributed by atoms with van der Waals surface area (Å²) in [6, 6.07) is 9.64. The first kappa shape index (κ1) is 22.3. The number of aliphatic hydroxyl groups is 1. The molecule has 3 heterocycles. The zero-order valence-electron chi connectivity index (χ0n) is 18.3. The third kappa shape index (κ3) is 5.86. The third-order valence-electron chi connectivity index (χ3n) is 5.09. The molecule has 0 amide bonds. The van der Waals surface area contributed by atoms with Gasteiger partial charge in [0.2, 0.25) is 0 Å². The Morgan fingerprint density at radius 2 is 2.03 bits per heavy atom. The predicted octanol–water partition coefficient (Wildman–Crippen LogP) is 4.38. The number of pyridine rings is 1. The largest absolute Gasteiger partial charge is 0.485 e. The molecule has 7 heteroatoms. The van der Waals surface area contributed by atoms with Crippen molar-refractivity contribution in [1.29, 1.82) is 0 Å². The van der Waals surface area contributed by atoms with Gasteiger partial charge in [0.15, 0.2) is 11.6 Å². The van der Waals surface area contributed by atoms with E-state index in [0.29, 0.717) is 24.1 Å². The van der Waals surface area contributed by atoms with Crippen molar-refractivity contribution in [2.45, 2.75) is 44.8 Å². The molecule has 1 aromatic carbocycles. The number of anilines is 1. The molecule has 0 unspecified atom stereocenters. The predicted molar refractivity (Wildman–Crippen MR) is 127 cm³/mol. The number of hydrogen-bond donors (Lipinski definition) is 2. The van der Waals surface area contributed by atoms with Crippen molar-refractivity contribution >= 4 is 17.2 Å². The van der Waals surface area contributed by atoms with Gasteiger partial charge in [0.1, 0.15) is 12.2 Å². The van der Waals surface area contributed by atoms with Crippen LogP contribution in [0.3, 0.4) is 0 Å². The first-order valence-electron chi connectivity index (χ1n) is 10.6. The van der Waals surface area contributed by atoms with Crippen LogP contribution < -0.4 is 10.5 Å². The zero-order chi connectivity index (χ0) is 22.6. The smallest absolute Gasteiger partial charge is 0.166 e. The minimum absolute atomic E-state index is 0.337. The van der Waals surface area contributed by atoms with Crippen LogP contribution >= 0.6 is 11.3 Å². The Balaban J connectivity index is 1.47. The molecule has 0 aliphatic carbocycles. The Kier molecular flexibility index (Phi) is 6.75. The van der Waals surface area contributed by atoms with Crippen molar-refractivity contribution in [2.75, 3.05) is 18.9 Å². The number of nitrogens with zero attached hydrogens (tertiary/aromatic N) is 2. The Bertz CT molecular complexity index is 1140. The Morgan fingerprint density at radius 3 is 2.81 bits per heavy atom. The van der Waals surface area contributed by atoms with E-state index in [1.54, 1.807) is 31.4 Å². The van der Waals surface area contributed by atoms with Crippen LogP contribution in [0.5, 0.6) is 5.75 Å². The highest BCUT2D eigenvalue weighted by Gasteiger charge is 2.20. The molecule has 166 valence electrons. The molecule has 32 heavy (non-hydrogen) atoms. The molecule has 2 aromatic heterocycles. The summed E-state index contributed by atoms with van der Waals surface area (Å²) in [5.74, 6) is 7.16. The highest BCUT2D eigenvalue weighted by atomic mass is 32.1. The van der Waals surface area contributed by atoms with Gasteiger partial charge in [-0.2, -0.15) is 0 Å². The number of thiazole rings is 1. The van der Waals surface area contributed by atoms with Crippen molar-refractivity contribution < 1.29 is 14.6 Å². The van der Waals surface area contributed by atoms with Crippen molar-refractivity contribution in [1.82, 2.24) is 9.97 Å². The molecule has 1 aliphatic rings. The molecule has 0 saturated carbocycles. The van der Waals surface area contributed by atoms with E-state index in [1.165, 1.54) is 0 Å². The van der Waals surface area contributed by atoms with Gasteiger partial charge < -0.3 is 20.3 Å². The van der Waals surface area contributed by atoms with E-state index < -0.39 is 5.60 Å². The fourth-order valence-electron chi connectivity index (χ4n) is 3.38. The molecule has 1 saturated heterocycles. The molecule has 6 nitrogen and oxygen atoms in total. The number of aromatic nitrogens is 2. The maximum Gasteiger partial charge on any atom is 0.166 e. The lowest BCUT2D eigenvalue weighted by Crippen LogP contribution is -2.14. The van der Waals surface area contributed by atoms with Crippen LogP contribution in [-0.2, 0) is 11.3 Å². The highest BCUT2D eigenvalue weighted by Crippen LogP contribution is 2.36. The minimum atomic E-state index is -1.03. The first-order chi connectivity index (χ1) is 15.4. The molecule has 1 aliphatic heterocycles. The number of nitrogen functional groups attached to an aromatic ring is 1. The summed E-state index contributed by atoms with van der Waals surface area (Å²) < 4.78 is 11.4. The van der Waals surface area contributed by atoms with Gasteiger partial charge in [-0.05, 0) is 50.5 Å².